The van der Waals surface area contributed by atoms with Gasteiger partial charge in [0, 0.05) is 17.9 Å². The average Bonchev–Trinajstić information content (AvgIpc) is 3.12. The van der Waals surface area contributed by atoms with Gasteiger partial charge in [-0.1, -0.05) is 12.1 Å². The van der Waals surface area contributed by atoms with Crippen LogP contribution in [-0.4, -0.2) is 32.4 Å². The van der Waals surface area contributed by atoms with Gasteiger partial charge in [0.2, 0.25) is 5.91 Å². The molecule has 0 saturated heterocycles. The minimum absolute atomic E-state index is 0.0635. The number of benzene rings is 2. The summed E-state index contributed by atoms with van der Waals surface area (Å²) >= 11 is 0. The lowest BCUT2D eigenvalue weighted by molar-refractivity contribution is -0.116. The summed E-state index contributed by atoms with van der Waals surface area (Å²) in [7, 11) is -1.13. The van der Waals surface area contributed by atoms with Crippen LogP contribution in [0.3, 0.4) is 0 Å². The van der Waals surface area contributed by atoms with E-state index in [0.29, 0.717) is 23.9 Å². The molecule has 2 N–H and O–H groups in total. The molecular formula is C20H21N3O3S. The van der Waals surface area contributed by atoms with Gasteiger partial charge in [-0.05, 0) is 55.2 Å². The maximum atomic E-state index is 12.4. The van der Waals surface area contributed by atoms with E-state index in [4.69, 9.17) is 4.74 Å². The van der Waals surface area contributed by atoms with Crippen LogP contribution < -0.4 is 10.1 Å². The quantitative estimate of drug-likeness (QED) is 0.613. The average molecular weight is 383 g/mol. The van der Waals surface area contributed by atoms with E-state index in [2.05, 4.69) is 15.3 Å². The van der Waals surface area contributed by atoms with Gasteiger partial charge in [-0.15, -0.1) is 0 Å². The second kappa shape index (κ2) is 7.92. The van der Waals surface area contributed by atoms with E-state index in [0.717, 1.165) is 47.3 Å². The molecule has 4 rings (SSSR count). The van der Waals surface area contributed by atoms with Crippen LogP contribution in [0.2, 0.25) is 0 Å². The van der Waals surface area contributed by atoms with Crippen LogP contribution in [0.4, 0.5) is 5.69 Å². The summed E-state index contributed by atoms with van der Waals surface area (Å²) in [5, 5.41) is 3.40. The predicted octanol–water partition coefficient (Wildman–Crippen LogP) is 3.41. The summed E-state index contributed by atoms with van der Waals surface area (Å²) in [6.07, 6.45) is 2.88. The first-order valence-electron chi connectivity index (χ1n) is 9.08. The topological polar surface area (TPSA) is 84.1 Å². The Kier molecular flexibility index (Phi) is 5.20. The smallest absolute Gasteiger partial charge is 0.224 e. The Hall–Kier alpha value is -2.67. The van der Waals surface area contributed by atoms with E-state index < -0.39 is 10.8 Å². The van der Waals surface area contributed by atoms with E-state index in [1.165, 1.54) is 0 Å². The van der Waals surface area contributed by atoms with Crippen molar-refractivity contribution < 1.29 is 13.7 Å². The molecule has 2 heterocycles. The lowest BCUT2D eigenvalue weighted by Gasteiger charge is -2.17. The number of para-hydroxylation sites is 2. The fourth-order valence-electron chi connectivity index (χ4n) is 3.11. The second-order valence-corrected chi connectivity index (χ2v) is 8.02. The molecule has 1 atom stereocenters. The number of carbonyl (C=O) groups is 1. The molecule has 1 unspecified atom stereocenters. The fourth-order valence-corrected chi connectivity index (χ4v) is 4.19. The molecule has 27 heavy (non-hydrogen) atoms. The van der Waals surface area contributed by atoms with Crippen molar-refractivity contribution in [3.63, 3.8) is 0 Å². The second-order valence-electron chi connectivity index (χ2n) is 6.53. The summed E-state index contributed by atoms with van der Waals surface area (Å²) in [5.41, 5.74) is 3.73. The zero-order valence-electron chi connectivity index (χ0n) is 14.9. The highest BCUT2D eigenvalue weighted by molar-refractivity contribution is 7.84. The minimum Gasteiger partial charge on any atom is -0.494 e. The highest BCUT2D eigenvalue weighted by Crippen LogP contribution is 2.26. The van der Waals surface area contributed by atoms with Crippen LogP contribution in [0.5, 0.6) is 5.75 Å². The number of aromatic nitrogens is 2. The highest BCUT2D eigenvalue weighted by Gasteiger charge is 2.15. The Morgan fingerprint density at radius 3 is 2.89 bits per heavy atom. The molecule has 6 nitrogen and oxygen atoms in total. The number of nitrogens with one attached hydrogen (secondary N) is 2. The van der Waals surface area contributed by atoms with Crippen molar-refractivity contribution in [3.05, 3.63) is 48.0 Å². The summed E-state index contributed by atoms with van der Waals surface area (Å²) < 4.78 is 18.2. The standard InChI is InChI=1S/C20H21N3O3S/c24-19-10-7-14-13-15(8-9-16(14)21-19)26-11-3-4-12-27(25)20-22-17-5-1-2-6-18(17)23-20/h1-2,5-6,8-9,13H,3-4,7,10-12H2,(H,21,24)(H,22,23). The number of ether oxygens (including phenoxy) is 1. The van der Waals surface area contributed by atoms with E-state index in [9.17, 15) is 9.00 Å². The van der Waals surface area contributed by atoms with Crippen LogP contribution >= 0.6 is 0 Å². The number of hydrogen-bond acceptors (Lipinski definition) is 4. The first kappa shape index (κ1) is 17.7. The number of nitrogens with zero attached hydrogens (tertiary/aromatic N) is 1. The molecule has 3 aromatic rings. The first-order chi connectivity index (χ1) is 13.2. The van der Waals surface area contributed by atoms with Gasteiger partial charge in [-0.25, -0.2) is 4.98 Å². The molecule has 1 aliphatic heterocycles. The third kappa shape index (κ3) is 4.19. The third-order valence-electron chi connectivity index (χ3n) is 4.55. The molecule has 0 aliphatic carbocycles. The van der Waals surface area contributed by atoms with Gasteiger partial charge in [0.15, 0.2) is 5.16 Å². The van der Waals surface area contributed by atoms with Gasteiger partial charge in [0.25, 0.3) is 0 Å². The molecule has 0 bridgehead atoms. The van der Waals surface area contributed by atoms with Gasteiger partial charge in [-0.2, -0.15) is 0 Å². The van der Waals surface area contributed by atoms with E-state index in [1.54, 1.807) is 0 Å². The van der Waals surface area contributed by atoms with E-state index in [1.807, 2.05) is 42.5 Å². The van der Waals surface area contributed by atoms with Crippen LogP contribution in [0.1, 0.15) is 24.8 Å². The summed E-state index contributed by atoms with van der Waals surface area (Å²) in [6.45, 7) is 0.572. The molecule has 2 aromatic carbocycles. The van der Waals surface area contributed by atoms with Crippen molar-refractivity contribution in [1.29, 1.82) is 0 Å². The van der Waals surface area contributed by atoms with Gasteiger partial charge in [-0.3, -0.25) is 9.00 Å². The van der Waals surface area contributed by atoms with Crippen molar-refractivity contribution in [3.8, 4) is 5.75 Å². The van der Waals surface area contributed by atoms with Crippen molar-refractivity contribution in [2.45, 2.75) is 30.8 Å². The van der Waals surface area contributed by atoms with Gasteiger partial charge in [0.05, 0.1) is 28.4 Å². The zero-order chi connectivity index (χ0) is 18.6. The largest absolute Gasteiger partial charge is 0.494 e. The van der Waals surface area contributed by atoms with E-state index >= 15 is 0 Å². The molecular weight excluding hydrogens is 362 g/mol. The number of rotatable bonds is 7. The third-order valence-corrected chi connectivity index (χ3v) is 5.83. The Labute approximate surface area is 159 Å². The maximum Gasteiger partial charge on any atom is 0.224 e. The Morgan fingerprint density at radius 1 is 1.11 bits per heavy atom. The lowest BCUT2D eigenvalue weighted by atomic mass is 10.0. The number of aromatic amines is 1. The number of amides is 1. The number of H-pyrrole nitrogens is 1. The minimum atomic E-state index is -1.13. The van der Waals surface area contributed by atoms with Crippen molar-refractivity contribution in [2.75, 3.05) is 17.7 Å². The van der Waals surface area contributed by atoms with Gasteiger partial charge < -0.3 is 15.0 Å². The number of aryl methyl sites for hydroxylation is 1. The van der Waals surface area contributed by atoms with Crippen LogP contribution in [0.15, 0.2) is 47.6 Å². The molecule has 1 amide bonds. The molecule has 7 heteroatoms. The number of unbranched alkanes of at least 4 members (excludes halogenated alkanes) is 1. The van der Waals surface area contributed by atoms with Crippen molar-refractivity contribution in [1.82, 2.24) is 9.97 Å². The number of anilines is 1. The molecule has 0 saturated carbocycles. The lowest BCUT2D eigenvalue weighted by Crippen LogP contribution is -2.18. The summed E-state index contributed by atoms with van der Waals surface area (Å²) in [6, 6.07) is 13.4. The number of carbonyl (C=O) groups excluding carboxylic acids is 1. The molecule has 0 fully saturated rings. The fraction of sp³-hybridized carbons (Fsp3) is 0.300. The number of fused-ring (bicyclic) bond motifs is 2. The van der Waals surface area contributed by atoms with Crippen LogP contribution in [0, 0.1) is 0 Å². The molecule has 0 spiro atoms. The molecule has 1 aliphatic rings. The maximum absolute atomic E-state index is 12.4. The highest BCUT2D eigenvalue weighted by atomic mass is 32.2. The Balaban J connectivity index is 1.23. The first-order valence-corrected chi connectivity index (χ1v) is 10.4. The Morgan fingerprint density at radius 2 is 2.00 bits per heavy atom. The molecule has 1 aromatic heterocycles. The predicted molar refractivity (Wildman–Crippen MR) is 105 cm³/mol. The molecule has 0 radical (unpaired) electrons. The molecule has 140 valence electrons. The zero-order valence-corrected chi connectivity index (χ0v) is 15.7. The van der Waals surface area contributed by atoms with Crippen molar-refractivity contribution >= 4 is 33.4 Å². The van der Waals surface area contributed by atoms with Crippen molar-refractivity contribution in [2.24, 2.45) is 0 Å². The van der Waals surface area contributed by atoms with Gasteiger partial charge in [0.1, 0.15) is 5.75 Å². The van der Waals surface area contributed by atoms with Crippen LogP contribution in [0.25, 0.3) is 11.0 Å². The monoisotopic (exact) mass is 383 g/mol. The van der Waals surface area contributed by atoms with E-state index in [-0.39, 0.29) is 5.91 Å². The van der Waals surface area contributed by atoms with Crippen LogP contribution in [-0.2, 0) is 22.0 Å². The summed E-state index contributed by atoms with van der Waals surface area (Å²) in [4.78, 5) is 18.9. The number of imidazole rings is 1. The number of hydrogen-bond donors (Lipinski definition) is 2. The SMILES string of the molecule is O=C1CCc2cc(OCCCCS(=O)c3nc4ccccc4[nH]3)ccc2N1. The Bertz CT molecular complexity index is 966. The van der Waals surface area contributed by atoms with Gasteiger partial charge >= 0.3 is 0 Å². The summed E-state index contributed by atoms with van der Waals surface area (Å²) in [5.74, 6) is 1.43. The normalized spacial score (nSPS) is 14.6.